The van der Waals surface area contributed by atoms with Crippen molar-refractivity contribution in [2.75, 3.05) is 0 Å². The zero-order valence-electron chi connectivity index (χ0n) is 13.5. The quantitative estimate of drug-likeness (QED) is 0.537. The Balaban J connectivity index is 2.24. The molecule has 0 fully saturated rings. The van der Waals surface area contributed by atoms with Crippen LogP contribution in [0.1, 0.15) is 5.69 Å². The van der Waals surface area contributed by atoms with E-state index in [0.717, 1.165) is 22.9 Å². The number of benzene rings is 2. The van der Waals surface area contributed by atoms with Crippen LogP contribution in [0.3, 0.4) is 0 Å². The fraction of sp³-hybridized carbons (Fsp3) is 0.0625. The van der Waals surface area contributed by atoms with E-state index < -0.39 is 21.9 Å². The monoisotopic (exact) mass is 469 g/mol. The van der Waals surface area contributed by atoms with Crippen LogP contribution in [0, 0.1) is 0 Å². The number of nitrogens with two attached hydrogens (primary N) is 1. The predicted molar refractivity (Wildman–Crippen MR) is 100 cm³/mol. The number of alkyl halides is 3. The first-order chi connectivity index (χ1) is 12.9. The van der Waals surface area contributed by atoms with Crippen LogP contribution < -0.4 is 5.14 Å². The molecule has 5 nitrogen and oxygen atoms in total. The van der Waals surface area contributed by atoms with E-state index in [-0.39, 0.29) is 36.9 Å². The van der Waals surface area contributed by atoms with Crippen molar-refractivity contribution in [3.63, 3.8) is 0 Å². The van der Waals surface area contributed by atoms with Crippen molar-refractivity contribution in [1.29, 1.82) is 0 Å². The van der Waals surface area contributed by atoms with Crippen LogP contribution in [0.2, 0.25) is 15.1 Å². The van der Waals surface area contributed by atoms with Gasteiger partial charge in [0.25, 0.3) is 0 Å². The van der Waals surface area contributed by atoms with E-state index >= 15 is 0 Å². The van der Waals surface area contributed by atoms with Gasteiger partial charge in [-0.25, -0.2) is 18.2 Å². The van der Waals surface area contributed by atoms with Gasteiger partial charge >= 0.3 is 6.18 Å². The highest BCUT2D eigenvalue weighted by Gasteiger charge is 2.35. The lowest BCUT2D eigenvalue weighted by atomic mass is 10.1. The van der Waals surface area contributed by atoms with Crippen LogP contribution >= 0.6 is 34.8 Å². The van der Waals surface area contributed by atoms with Crippen LogP contribution in [0.4, 0.5) is 13.2 Å². The number of halogens is 6. The SMILES string of the molecule is NS(=O)(=O)c1ccc(-n2nc(C(F)(F)F)cc2-c2ccc(Cl)c(Cl)c2Cl)cc1. The second kappa shape index (κ2) is 7.23. The number of aromatic nitrogens is 2. The summed E-state index contributed by atoms with van der Waals surface area (Å²) in [6.45, 7) is 0. The molecule has 1 heterocycles. The first-order valence-electron chi connectivity index (χ1n) is 7.34. The highest BCUT2D eigenvalue weighted by atomic mass is 35.5. The second-order valence-electron chi connectivity index (χ2n) is 5.59. The molecule has 0 atom stereocenters. The van der Waals surface area contributed by atoms with E-state index in [1.807, 2.05) is 0 Å². The Morgan fingerprint density at radius 2 is 1.57 bits per heavy atom. The molecule has 0 radical (unpaired) electrons. The molecule has 0 saturated heterocycles. The van der Waals surface area contributed by atoms with E-state index in [1.54, 1.807) is 0 Å². The summed E-state index contributed by atoms with van der Waals surface area (Å²) in [5.74, 6) is 0. The lowest BCUT2D eigenvalue weighted by Gasteiger charge is -2.11. The molecule has 2 aromatic carbocycles. The van der Waals surface area contributed by atoms with Gasteiger partial charge in [-0.1, -0.05) is 34.8 Å². The Labute approximate surface area is 172 Å². The van der Waals surface area contributed by atoms with E-state index in [9.17, 15) is 21.6 Å². The number of sulfonamides is 1. The predicted octanol–water partition coefficient (Wildman–Crippen LogP) is 5.17. The zero-order valence-corrected chi connectivity index (χ0v) is 16.6. The highest BCUT2D eigenvalue weighted by Crippen LogP contribution is 2.40. The average molecular weight is 471 g/mol. The number of hydrogen-bond donors (Lipinski definition) is 1. The topological polar surface area (TPSA) is 78.0 Å². The van der Waals surface area contributed by atoms with Gasteiger partial charge in [0.05, 0.1) is 31.3 Å². The fourth-order valence-electron chi connectivity index (χ4n) is 2.41. The van der Waals surface area contributed by atoms with Crippen LogP contribution in [0.5, 0.6) is 0 Å². The van der Waals surface area contributed by atoms with Crippen LogP contribution in [-0.2, 0) is 16.2 Å². The number of nitrogens with zero attached hydrogens (tertiary/aromatic N) is 2. The van der Waals surface area contributed by atoms with Crippen molar-refractivity contribution in [3.05, 3.63) is 63.2 Å². The van der Waals surface area contributed by atoms with Gasteiger partial charge in [-0.2, -0.15) is 18.3 Å². The first kappa shape index (κ1) is 20.9. The molecule has 2 N–H and O–H groups in total. The summed E-state index contributed by atoms with van der Waals surface area (Å²) < 4.78 is 63.4. The lowest BCUT2D eigenvalue weighted by Crippen LogP contribution is -2.12. The fourth-order valence-corrected chi connectivity index (χ4v) is 3.56. The molecule has 0 bridgehead atoms. The van der Waals surface area contributed by atoms with Gasteiger partial charge in [0, 0.05) is 5.56 Å². The average Bonchev–Trinajstić information content (AvgIpc) is 3.04. The van der Waals surface area contributed by atoms with Gasteiger partial charge in [0.15, 0.2) is 5.69 Å². The van der Waals surface area contributed by atoms with Crippen molar-refractivity contribution in [1.82, 2.24) is 9.78 Å². The van der Waals surface area contributed by atoms with Crippen molar-refractivity contribution < 1.29 is 21.6 Å². The Bertz CT molecular complexity index is 1160. The maximum atomic E-state index is 13.2. The lowest BCUT2D eigenvalue weighted by molar-refractivity contribution is -0.141. The van der Waals surface area contributed by atoms with E-state index in [1.165, 1.54) is 24.3 Å². The Hall–Kier alpha value is -1.78. The highest BCUT2D eigenvalue weighted by molar-refractivity contribution is 7.89. The molecule has 28 heavy (non-hydrogen) atoms. The van der Waals surface area contributed by atoms with Crippen molar-refractivity contribution in [2.24, 2.45) is 5.14 Å². The molecule has 0 unspecified atom stereocenters. The summed E-state index contributed by atoms with van der Waals surface area (Å²) in [7, 11) is -3.96. The maximum Gasteiger partial charge on any atom is 0.435 e. The first-order valence-corrected chi connectivity index (χ1v) is 10.0. The van der Waals surface area contributed by atoms with Gasteiger partial charge in [0.2, 0.25) is 10.0 Å². The van der Waals surface area contributed by atoms with E-state index in [2.05, 4.69) is 5.10 Å². The number of rotatable bonds is 3. The van der Waals surface area contributed by atoms with Gasteiger partial charge < -0.3 is 0 Å². The minimum Gasteiger partial charge on any atom is -0.232 e. The minimum atomic E-state index is -4.72. The Morgan fingerprint density at radius 3 is 2.11 bits per heavy atom. The maximum absolute atomic E-state index is 13.2. The van der Waals surface area contributed by atoms with Crippen LogP contribution in [0.15, 0.2) is 47.4 Å². The third-order valence-electron chi connectivity index (χ3n) is 3.72. The second-order valence-corrected chi connectivity index (χ2v) is 8.31. The van der Waals surface area contributed by atoms with Crippen LogP contribution in [-0.4, -0.2) is 18.2 Å². The third kappa shape index (κ3) is 3.99. The summed E-state index contributed by atoms with van der Waals surface area (Å²) in [5, 5.41) is 8.69. The van der Waals surface area contributed by atoms with Gasteiger partial charge in [-0.15, -0.1) is 0 Å². The zero-order chi connectivity index (χ0) is 20.9. The molecular weight excluding hydrogens is 462 g/mol. The molecule has 3 rings (SSSR count). The summed E-state index contributed by atoms with van der Waals surface area (Å²) in [5.41, 5.74) is -0.867. The minimum absolute atomic E-state index is 0.0146. The Morgan fingerprint density at radius 1 is 0.964 bits per heavy atom. The molecular formula is C16H9Cl3F3N3O2S. The van der Waals surface area contributed by atoms with Crippen molar-refractivity contribution in [3.8, 4) is 16.9 Å². The summed E-state index contributed by atoms with van der Waals surface area (Å²) in [6, 6.07) is 8.44. The van der Waals surface area contributed by atoms with Gasteiger partial charge in [-0.05, 0) is 42.5 Å². The molecule has 1 aromatic heterocycles. The Kier molecular flexibility index (Phi) is 5.41. The summed E-state index contributed by atoms with van der Waals surface area (Å²) in [4.78, 5) is -0.200. The molecule has 0 aliphatic carbocycles. The molecule has 0 aliphatic rings. The van der Waals surface area contributed by atoms with Crippen molar-refractivity contribution >= 4 is 44.8 Å². The summed E-state index contributed by atoms with van der Waals surface area (Å²) in [6.07, 6.45) is -4.72. The molecule has 0 aliphatic heterocycles. The molecule has 12 heteroatoms. The van der Waals surface area contributed by atoms with E-state index in [4.69, 9.17) is 39.9 Å². The van der Waals surface area contributed by atoms with Crippen LogP contribution in [0.25, 0.3) is 16.9 Å². The van der Waals surface area contributed by atoms with E-state index in [0.29, 0.717) is 0 Å². The largest absolute Gasteiger partial charge is 0.435 e. The molecule has 3 aromatic rings. The standard InChI is InChI=1S/C16H9Cl3F3N3O2S/c17-11-6-5-10(14(18)15(11)19)12-7-13(16(20,21)22)24-25(12)8-1-3-9(4-2-8)28(23,26)27/h1-7H,(H2,23,26,27). The molecule has 148 valence electrons. The third-order valence-corrected chi connectivity index (χ3v) is 5.94. The normalized spacial score (nSPS) is 12.4. The smallest absolute Gasteiger partial charge is 0.232 e. The van der Waals surface area contributed by atoms with Gasteiger partial charge in [0.1, 0.15) is 0 Å². The number of hydrogen-bond acceptors (Lipinski definition) is 3. The summed E-state index contributed by atoms with van der Waals surface area (Å²) >= 11 is 18.0. The molecule has 0 amide bonds. The molecule has 0 saturated carbocycles. The van der Waals surface area contributed by atoms with Gasteiger partial charge in [-0.3, -0.25) is 0 Å². The number of primary sulfonamides is 1. The van der Waals surface area contributed by atoms with Crippen molar-refractivity contribution in [2.45, 2.75) is 11.1 Å². The molecule has 0 spiro atoms.